The Kier molecular flexibility index (Phi) is 3.56. The first-order valence-electron chi connectivity index (χ1n) is 6.82. The van der Waals surface area contributed by atoms with E-state index in [-0.39, 0.29) is 17.4 Å². The van der Waals surface area contributed by atoms with Crippen molar-refractivity contribution in [3.8, 4) is 0 Å². The molecule has 0 amide bonds. The number of hydrogen-bond acceptors (Lipinski definition) is 5. The summed E-state index contributed by atoms with van der Waals surface area (Å²) in [6.45, 7) is 0.704. The monoisotopic (exact) mass is 299 g/mol. The van der Waals surface area contributed by atoms with Gasteiger partial charge in [0.2, 0.25) is 0 Å². The van der Waals surface area contributed by atoms with Gasteiger partial charge in [0, 0.05) is 12.6 Å². The zero-order chi connectivity index (χ0) is 15.7. The molecule has 112 valence electrons. The molecule has 2 aromatic carbocycles. The van der Waals surface area contributed by atoms with Gasteiger partial charge in [-0.05, 0) is 23.6 Å². The van der Waals surface area contributed by atoms with Crippen molar-refractivity contribution in [1.82, 2.24) is 5.32 Å². The fraction of sp³-hybridized carbons (Fsp3) is 0.200. The Labute approximate surface area is 125 Å². The summed E-state index contributed by atoms with van der Waals surface area (Å²) >= 11 is 0. The first-order valence-corrected chi connectivity index (χ1v) is 6.82. The van der Waals surface area contributed by atoms with Crippen LogP contribution in [-0.4, -0.2) is 16.4 Å². The van der Waals surface area contributed by atoms with Gasteiger partial charge < -0.3 is 5.32 Å². The minimum absolute atomic E-state index is 0.233. The van der Waals surface area contributed by atoms with E-state index in [0.717, 1.165) is 23.6 Å². The molecule has 0 spiro atoms. The Morgan fingerprint density at radius 2 is 1.77 bits per heavy atom. The Morgan fingerprint density at radius 1 is 1.00 bits per heavy atom. The van der Waals surface area contributed by atoms with Gasteiger partial charge in [-0.3, -0.25) is 20.2 Å². The second-order valence-corrected chi connectivity index (χ2v) is 5.09. The summed E-state index contributed by atoms with van der Waals surface area (Å²) < 4.78 is 0. The highest BCUT2D eigenvalue weighted by Crippen LogP contribution is 2.35. The van der Waals surface area contributed by atoms with Crippen molar-refractivity contribution in [3.05, 3.63) is 79.4 Å². The van der Waals surface area contributed by atoms with Crippen molar-refractivity contribution < 1.29 is 9.85 Å². The summed E-state index contributed by atoms with van der Waals surface area (Å²) in [4.78, 5) is 20.9. The van der Waals surface area contributed by atoms with Crippen molar-refractivity contribution in [2.24, 2.45) is 0 Å². The predicted molar refractivity (Wildman–Crippen MR) is 79.7 cm³/mol. The van der Waals surface area contributed by atoms with Gasteiger partial charge in [-0.1, -0.05) is 24.3 Å². The summed E-state index contributed by atoms with van der Waals surface area (Å²) in [5.41, 5.74) is 2.05. The Morgan fingerprint density at radius 3 is 2.50 bits per heavy atom. The predicted octanol–water partition coefficient (Wildman–Crippen LogP) is 2.74. The fourth-order valence-electron chi connectivity index (χ4n) is 2.83. The topological polar surface area (TPSA) is 98.3 Å². The maximum absolute atomic E-state index is 11.3. The smallest absolute Gasteiger partial charge is 0.281 e. The van der Waals surface area contributed by atoms with Crippen LogP contribution in [0.3, 0.4) is 0 Å². The number of nitrogens with zero attached hydrogens (tertiary/aromatic N) is 2. The molecule has 22 heavy (non-hydrogen) atoms. The molecule has 0 radical (unpaired) electrons. The largest absolute Gasteiger partial charge is 0.306 e. The molecule has 0 saturated heterocycles. The Bertz CT molecular complexity index is 760. The van der Waals surface area contributed by atoms with Gasteiger partial charge in [0.25, 0.3) is 11.4 Å². The van der Waals surface area contributed by atoms with E-state index in [4.69, 9.17) is 0 Å². The van der Waals surface area contributed by atoms with Crippen LogP contribution in [0.4, 0.5) is 11.4 Å². The molecule has 1 atom stereocenters. The van der Waals surface area contributed by atoms with Gasteiger partial charge in [-0.2, -0.15) is 0 Å². The highest BCUT2D eigenvalue weighted by molar-refractivity contribution is 5.54. The molecule has 0 saturated carbocycles. The molecule has 0 bridgehead atoms. The number of nitrogens with one attached hydrogen (secondary N) is 1. The van der Waals surface area contributed by atoms with Gasteiger partial charge in [-0.15, -0.1) is 0 Å². The van der Waals surface area contributed by atoms with E-state index in [1.165, 1.54) is 12.1 Å². The van der Waals surface area contributed by atoms with Crippen LogP contribution in [-0.2, 0) is 6.42 Å². The molecule has 3 rings (SSSR count). The van der Waals surface area contributed by atoms with Gasteiger partial charge >= 0.3 is 0 Å². The van der Waals surface area contributed by atoms with Crippen LogP contribution in [0.2, 0.25) is 0 Å². The Balaban J connectivity index is 2.13. The first kappa shape index (κ1) is 14.2. The van der Waals surface area contributed by atoms with E-state index in [9.17, 15) is 20.2 Å². The lowest BCUT2D eigenvalue weighted by molar-refractivity contribution is -0.394. The number of nitro benzene ring substituents is 2. The molecule has 7 heteroatoms. The first-order chi connectivity index (χ1) is 10.6. The second-order valence-electron chi connectivity index (χ2n) is 5.09. The summed E-state index contributed by atoms with van der Waals surface area (Å²) in [6, 6.07) is 11.2. The number of non-ortho nitro benzene ring substituents is 1. The van der Waals surface area contributed by atoms with Crippen LogP contribution in [0.1, 0.15) is 22.7 Å². The van der Waals surface area contributed by atoms with E-state index < -0.39 is 9.85 Å². The van der Waals surface area contributed by atoms with E-state index in [1.807, 2.05) is 24.3 Å². The molecule has 1 unspecified atom stereocenters. The lowest BCUT2D eigenvalue weighted by atomic mass is 9.89. The Hall–Kier alpha value is -2.80. The highest BCUT2D eigenvalue weighted by atomic mass is 16.6. The van der Waals surface area contributed by atoms with Crippen molar-refractivity contribution >= 4 is 11.4 Å². The fourth-order valence-corrected chi connectivity index (χ4v) is 2.83. The van der Waals surface area contributed by atoms with E-state index in [0.29, 0.717) is 12.1 Å². The van der Waals surface area contributed by atoms with E-state index in [1.54, 1.807) is 0 Å². The number of benzene rings is 2. The lowest BCUT2D eigenvalue weighted by Crippen LogP contribution is -2.30. The molecule has 0 aromatic heterocycles. The summed E-state index contributed by atoms with van der Waals surface area (Å²) in [5, 5.41) is 25.4. The molecule has 1 aliphatic rings. The van der Waals surface area contributed by atoms with Crippen molar-refractivity contribution in [3.63, 3.8) is 0 Å². The molecular formula is C15H13N3O4. The van der Waals surface area contributed by atoms with Crippen molar-refractivity contribution in [2.75, 3.05) is 6.54 Å². The SMILES string of the molecule is O=[N+]([O-])c1ccc(C2NCCc3ccccc32)c([N+](=O)[O-])c1. The zero-order valence-electron chi connectivity index (χ0n) is 11.6. The average Bonchev–Trinajstić information content (AvgIpc) is 2.53. The van der Waals surface area contributed by atoms with Crippen LogP contribution in [0.25, 0.3) is 0 Å². The molecule has 1 N–H and O–H groups in total. The quantitative estimate of drug-likeness (QED) is 0.694. The van der Waals surface area contributed by atoms with Gasteiger partial charge in [0.15, 0.2) is 0 Å². The molecule has 1 aliphatic heterocycles. The van der Waals surface area contributed by atoms with E-state index >= 15 is 0 Å². The number of fused-ring (bicyclic) bond motifs is 1. The molecule has 2 aromatic rings. The second kappa shape index (κ2) is 5.53. The molecule has 7 nitrogen and oxygen atoms in total. The standard InChI is InChI=1S/C15H13N3O4/c19-17(20)11-5-6-13(14(9-11)18(21)22)15-12-4-2-1-3-10(12)7-8-16-15/h1-6,9,15-16H,7-8H2. The normalized spacial score (nSPS) is 16.8. The summed E-state index contributed by atoms with van der Waals surface area (Å²) in [6.07, 6.45) is 0.855. The van der Waals surface area contributed by atoms with Gasteiger partial charge in [0.05, 0.1) is 27.5 Å². The number of hydrogen-bond donors (Lipinski definition) is 1. The maximum Gasteiger partial charge on any atom is 0.281 e. The third-order valence-corrected chi connectivity index (χ3v) is 3.84. The number of nitro groups is 2. The average molecular weight is 299 g/mol. The third kappa shape index (κ3) is 2.42. The molecule has 0 aliphatic carbocycles. The zero-order valence-corrected chi connectivity index (χ0v) is 11.6. The maximum atomic E-state index is 11.3. The van der Waals surface area contributed by atoms with Gasteiger partial charge in [0.1, 0.15) is 0 Å². The van der Waals surface area contributed by atoms with Gasteiger partial charge in [-0.25, -0.2) is 0 Å². The summed E-state index contributed by atoms with van der Waals surface area (Å²) in [5.74, 6) is 0. The lowest BCUT2D eigenvalue weighted by Gasteiger charge is -2.27. The van der Waals surface area contributed by atoms with Crippen LogP contribution in [0.15, 0.2) is 42.5 Å². The highest BCUT2D eigenvalue weighted by Gasteiger charge is 2.29. The van der Waals surface area contributed by atoms with Crippen LogP contribution in [0, 0.1) is 20.2 Å². The molecule has 1 heterocycles. The minimum atomic E-state index is -0.626. The number of rotatable bonds is 3. The van der Waals surface area contributed by atoms with E-state index in [2.05, 4.69) is 5.32 Å². The summed E-state index contributed by atoms with van der Waals surface area (Å²) in [7, 11) is 0. The molecule has 0 fully saturated rings. The van der Waals surface area contributed by atoms with Crippen molar-refractivity contribution in [2.45, 2.75) is 12.5 Å². The van der Waals surface area contributed by atoms with Crippen LogP contribution < -0.4 is 5.32 Å². The van der Waals surface area contributed by atoms with Crippen LogP contribution >= 0.6 is 0 Å². The third-order valence-electron chi connectivity index (χ3n) is 3.84. The van der Waals surface area contributed by atoms with Crippen LogP contribution in [0.5, 0.6) is 0 Å². The molecular weight excluding hydrogens is 286 g/mol. The minimum Gasteiger partial charge on any atom is -0.306 e. The van der Waals surface area contributed by atoms with Crippen molar-refractivity contribution in [1.29, 1.82) is 0 Å².